The number of nitrogens with zero attached hydrogens (tertiary/aromatic N) is 2. The van der Waals surface area contributed by atoms with Crippen LogP contribution in [0.1, 0.15) is 38.1 Å². The van der Waals surface area contributed by atoms with Crippen molar-refractivity contribution in [2.45, 2.75) is 32.6 Å². The predicted molar refractivity (Wildman–Crippen MR) is 91.2 cm³/mol. The smallest absolute Gasteiger partial charge is 0.243 e. The number of amides is 1. The molecule has 0 aromatic heterocycles. The third kappa shape index (κ3) is 3.84. The van der Waals surface area contributed by atoms with Crippen LogP contribution in [0.4, 0.5) is 0 Å². The molecule has 1 aromatic rings. The fourth-order valence-electron chi connectivity index (χ4n) is 2.62. The SMILES string of the molecule is CC(=O)c1ccc(S(=O)(=O)N2CCN(C(=O)C(C)(C)C)CC2)cc1. The van der Waals surface area contributed by atoms with E-state index in [-0.39, 0.29) is 29.7 Å². The van der Waals surface area contributed by atoms with Gasteiger partial charge in [0.1, 0.15) is 0 Å². The van der Waals surface area contributed by atoms with E-state index >= 15 is 0 Å². The summed E-state index contributed by atoms with van der Waals surface area (Å²) in [7, 11) is -3.61. The van der Waals surface area contributed by atoms with Crippen molar-refractivity contribution in [3.63, 3.8) is 0 Å². The molecule has 7 heteroatoms. The van der Waals surface area contributed by atoms with Crippen LogP contribution in [0.15, 0.2) is 29.2 Å². The summed E-state index contributed by atoms with van der Waals surface area (Å²) in [4.78, 5) is 25.4. The van der Waals surface area contributed by atoms with Gasteiger partial charge in [-0.25, -0.2) is 8.42 Å². The minimum absolute atomic E-state index is 0.0327. The van der Waals surface area contributed by atoms with Crippen LogP contribution in [-0.2, 0) is 14.8 Å². The van der Waals surface area contributed by atoms with Crippen LogP contribution in [0.3, 0.4) is 0 Å². The maximum atomic E-state index is 12.7. The van der Waals surface area contributed by atoms with Crippen LogP contribution in [0.25, 0.3) is 0 Å². The molecular weight excluding hydrogens is 328 g/mol. The summed E-state index contributed by atoms with van der Waals surface area (Å²) in [5.74, 6) is -0.0707. The number of hydrogen-bond donors (Lipinski definition) is 0. The molecule has 1 aliphatic rings. The van der Waals surface area contributed by atoms with Crippen molar-refractivity contribution in [2.24, 2.45) is 5.41 Å². The van der Waals surface area contributed by atoms with Gasteiger partial charge in [0.25, 0.3) is 0 Å². The van der Waals surface area contributed by atoms with Crippen molar-refractivity contribution in [2.75, 3.05) is 26.2 Å². The van der Waals surface area contributed by atoms with E-state index in [1.54, 1.807) is 4.90 Å². The van der Waals surface area contributed by atoms with E-state index in [1.807, 2.05) is 20.8 Å². The largest absolute Gasteiger partial charge is 0.340 e. The summed E-state index contributed by atoms with van der Waals surface area (Å²) in [6, 6.07) is 5.96. The molecule has 0 saturated carbocycles. The Morgan fingerprint density at radius 1 is 0.958 bits per heavy atom. The maximum absolute atomic E-state index is 12.7. The quantitative estimate of drug-likeness (QED) is 0.777. The van der Waals surface area contributed by atoms with Crippen molar-refractivity contribution in [3.8, 4) is 0 Å². The molecule has 0 atom stereocenters. The molecule has 24 heavy (non-hydrogen) atoms. The Bertz CT molecular complexity index is 725. The molecule has 0 radical (unpaired) electrons. The molecule has 1 aromatic carbocycles. The molecule has 1 aliphatic heterocycles. The Hall–Kier alpha value is -1.73. The van der Waals surface area contributed by atoms with Gasteiger partial charge in [-0.1, -0.05) is 32.9 Å². The summed E-state index contributed by atoms with van der Waals surface area (Å²) < 4.78 is 26.7. The number of sulfonamides is 1. The Morgan fingerprint density at radius 2 is 1.46 bits per heavy atom. The van der Waals surface area contributed by atoms with Gasteiger partial charge < -0.3 is 4.90 Å². The van der Waals surface area contributed by atoms with Crippen molar-refractivity contribution in [1.29, 1.82) is 0 Å². The van der Waals surface area contributed by atoms with E-state index in [0.717, 1.165) is 0 Å². The lowest BCUT2D eigenvalue weighted by Gasteiger charge is -2.37. The maximum Gasteiger partial charge on any atom is 0.243 e. The molecule has 0 spiro atoms. The molecule has 6 nitrogen and oxygen atoms in total. The van der Waals surface area contributed by atoms with Gasteiger partial charge in [0.15, 0.2) is 5.78 Å². The number of piperazine rings is 1. The van der Waals surface area contributed by atoms with Gasteiger partial charge >= 0.3 is 0 Å². The fourth-order valence-corrected chi connectivity index (χ4v) is 4.04. The lowest BCUT2D eigenvalue weighted by atomic mass is 9.94. The Labute approximate surface area is 143 Å². The van der Waals surface area contributed by atoms with Gasteiger partial charge in [-0.15, -0.1) is 0 Å². The van der Waals surface area contributed by atoms with E-state index in [4.69, 9.17) is 0 Å². The van der Waals surface area contributed by atoms with Crippen LogP contribution in [0, 0.1) is 5.41 Å². The van der Waals surface area contributed by atoms with Gasteiger partial charge in [0.2, 0.25) is 15.9 Å². The molecule has 0 bridgehead atoms. The molecule has 0 aliphatic carbocycles. The van der Waals surface area contributed by atoms with Crippen LogP contribution in [0.2, 0.25) is 0 Å². The number of rotatable bonds is 3. The predicted octanol–water partition coefficient (Wildman–Crippen LogP) is 1.77. The fraction of sp³-hybridized carbons (Fsp3) is 0.529. The second kappa shape index (κ2) is 6.64. The summed E-state index contributed by atoms with van der Waals surface area (Å²) in [6.07, 6.45) is 0. The second-order valence-corrected chi connectivity index (χ2v) is 8.96. The first kappa shape index (κ1) is 18.6. The molecule has 0 unspecified atom stereocenters. The summed E-state index contributed by atoms with van der Waals surface area (Å²) in [5.41, 5.74) is 0.0124. The lowest BCUT2D eigenvalue weighted by Crippen LogP contribution is -2.52. The van der Waals surface area contributed by atoms with Gasteiger partial charge in [-0.2, -0.15) is 4.31 Å². The van der Waals surface area contributed by atoms with Crippen LogP contribution in [0.5, 0.6) is 0 Å². The van der Waals surface area contributed by atoms with Crippen molar-refractivity contribution in [1.82, 2.24) is 9.21 Å². The van der Waals surface area contributed by atoms with E-state index in [0.29, 0.717) is 18.7 Å². The van der Waals surface area contributed by atoms with E-state index in [1.165, 1.54) is 35.5 Å². The number of ketones is 1. The monoisotopic (exact) mass is 352 g/mol. The van der Waals surface area contributed by atoms with Crippen LogP contribution >= 0.6 is 0 Å². The van der Waals surface area contributed by atoms with Gasteiger partial charge in [0.05, 0.1) is 4.90 Å². The molecule has 1 heterocycles. The molecule has 1 amide bonds. The zero-order valence-corrected chi connectivity index (χ0v) is 15.4. The highest BCUT2D eigenvalue weighted by atomic mass is 32.2. The molecule has 2 rings (SSSR count). The van der Waals surface area contributed by atoms with Gasteiger partial charge in [-0.3, -0.25) is 9.59 Å². The molecule has 0 N–H and O–H groups in total. The van der Waals surface area contributed by atoms with E-state index in [9.17, 15) is 18.0 Å². The third-order valence-electron chi connectivity index (χ3n) is 4.07. The lowest BCUT2D eigenvalue weighted by molar-refractivity contribution is -0.140. The number of carbonyl (C=O) groups is 2. The highest BCUT2D eigenvalue weighted by Crippen LogP contribution is 2.22. The highest BCUT2D eigenvalue weighted by molar-refractivity contribution is 7.89. The van der Waals surface area contributed by atoms with Crippen LogP contribution in [-0.4, -0.2) is 55.5 Å². The average Bonchev–Trinajstić information content (AvgIpc) is 2.53. The van der Waals surface area contributed by atoms with Crippen molar-refractivity contribution in [3.05, 3.63) is 29.8 Å². The molecule has 132 valence electrons. The van der Waals surface area contributed by atoms with Gasteiger partial charge in [0, 0.05) is 37.2 Å². The first-order chi connectivity index (χ1) is 11.0. The Morgan fingerprint density at radius 3 is 1.88 bits per heavy atom. The number of hydrogen-bond acceptors (Lipinski definition) is 4. The zero-order valence-electron chi connectivity index (χ0n) is 14.6. The third-order valence-corrected chi connectivity index (χ3v) is 5.98. The number of benzene rings is 1. The number of Topliss-reactive ketones (excluding diaryl/α,β-unsaturated/α-hetero) is 1. The van der Waals surface area contributed by atoms with Crippen molar-refractivity contribution < 1.29 is 18.0 Å². The summed E-state index contributed by atoms with van der Waals surface area (Å²) >= 11 is 0. The zero-order chi connectivity index (χ0) is 18.1. The van der Waals surface area contributed by atoms with Crippen LogP contribution < -0.4 is 0 Å². The average molecular weight is 352 g/mol. The standard InChI is InChI=1S/C17H24N2O4S/c1-13(20)14-5-7-15(8-6-14)24(22,23)19-11-9-18(10-12-19)16(21)17(2,3)4/h5-8H,9-12H2,1-4H3. The first-order valence-electron chi connectivity index (χ1n) is 7.94. The Kier molecular flexibility index (Phi) is 5.15. The van der Waals surface area contributed by atoms with E-state index in [2.05, 4.69) is 0 Å². The molecular formula is C17H24N2O4S. The normalized spacial score (nSPS) is 16.9. The molecule has 1 fully saturated rings. The topological polar surface area (TPSA) is 74.8 Å². The van der Waals surface area contributed by atoms with E-state index < -0.39 is 15.4 Å². The summed E-state index contributed by atoms with van der Waals surface area (Å²) in [6.45, 7) is 8.34. The van der Waals surface area contributed by atoms with Gasteiger partial charge in [-0.05, 0) is 19.1 Å². The Balaban J connectivity index is 2.10. The highest BCUT2D eigenvalue weighted by Gasteiger charge is 2.33. The molecule has 1 saturated heterocycles. The first-order valence-corrected chi connectivity index (χ1v) is 9.38. The number of carbonyl (C=O) groups excluding carboxylic acids is 2. The minimum Gasteiger partial charge on any atom is -0.340 e. The van der Waals surface area contributed by atoms with Crippen molar-refractivity contribution >= 4 is 21.7 Å². The summed E-state index contributed by atoms with van der Waals surface area (Å²) in [5, 5.41) is 0. The second-order valence-electron chi connectivity index (χ2n) is 7.03. The minimum atomic E-state index is -3.61.